The number of nitrogens with zero attached hydrogens (tertiary/aromatic N) is 1. The Labute approximate surface area is 161 Å². The average molecular weight is 373 g/mol. The fraction of sp³-hybridized carbons (Fsp3) is 0.619. The molecule has 2 unspecified atom stereocenters. The zero-order chi connectivity index (χ0) is 19.4. The molecule has 27 heavy (non-hydrogen) atoms. The second-order valence-electron chi connectivity index (χ2n) is 7.96. The van der Waals surface area contributed by atoms with E-state index >= 15 is 0 Å². The minimum absolute atomic E-state index is 0.0382. The zero-order valence-corrected chi connectivity index (χ0v) is 16.5. The molecule has 4 atom stereocenters. The number of morpholine rings is 1. The summed E-state index contributed by atoms with van der Waals surface area (Å²) in [6.07, 6.45) is 1.89. The largest absolute Gasteiger partial charge is 0.372 e. The molecule has 2 heterocycles. The number of nitrogens with one attached hydrogen (secondary N) is 2. The molecule has 2 amide bonds. The van der Waals surface area contributed by atoms with Crippen molar-refractivity contribution >= 4 is 11.8 Å². The molecule has 3 rings (SSSR count). The summed E-state index contributed by atoms with van der Waals surface area (Å²) in [5.74, 6) is 0.253. The number of carbonyl (C=O) groups excluding carboxylic acids is 2. The standard InChI is InChI=1S/C21H31N3O3/c1-14-10-19(8-9-22-14)20(25)23-11-17-4-6-18(7-5-17)21(26)24-12-15(2)27-16(3)13-24/h4-7,14-16,19,22H,8-13H2,1-3H3,(H,23,25)/t14-,15?,16?,19-/m0/s1. The predicted molar refractivity (Wildman–Crippen MR) is 104 cm³/mol. The van der Waals surface area contributed by atoms with Crippen LogP contribution < -0.4 is 10.6 Å². The van der Waals surface area contributed by atoms with Crippen LogP contribution in [-0.4, -0.2) is 54.6 Å². The molecule has 2 aliphatic heterocycles. The quantitative estimate of drug-likeness (QED) is 0.846. The fourth-order valence-electron chi connectivity index (χ4n) is 4.00. The highest BCUT2D eigenvalue weighted by atomic mass is 16.5. The van der Waals surface area contributed by atoms with Gasteiger partial charge in [-0.25, -0.2) is 0 Å². The van der Waals surface area contributed by atoms with Crippen LogP contribution >= 0.6 is 0 Å². The van der Waals surface area contributed by atoms with E-state index in [-0.39, 0.29) is 29.9 Å². The lowest BCUT2D eigenvalue weighted by atomic mass is 9.92. The van der Waals surface area contributed by atoms with Gasteiger partial charge in [0.2, 0.25) is 5.91 Å². The van der Waals surface area contributed by atoms with Crippen LogP contribution in [-0.2, 0) is 16.1 Å². The first kappa shape index (κ1) is 19.8. The van der Waals surface area contributed by atoms with Crippen molar-refractivity contribution in [3.63, 3.8) is 0 Å². The molecule has 0 saturated carbocycles. The Bertz CT molecular complexity index is 651. The first-order valence-electron chi connectivity index (χ1n) is 9.97. The number of rotatable bonds is 4. The van der Waals surface area contributed by atoms with Crippen molar-refractivity contribution in [3.8, 4) is 0 Å². The number of hydrogen-bond donors (Lipinski definition) is 2. The van der Waals surface area contributed by atoms with Crippen LogP contribution in [0.5, 0.6) is 0 Å². The molecular weight excluding hydrogens is 342 g/mol. The molecule has 2 fully saturated rings. The Balaban J connectivity index is 1.52. The fourth-order valence-corrected chi connectivity index (χ4v) is 4.00. The number of carbonyl (C=O) groups is 2. The van der Waals surface area contributed by atoms with Crippen molar-refractivity contribution in [2.45, 2.75) is 58.4 Å². The van der Waals surface area contributed by atoms with Gasteiger partial charge in [-0.1, -0.05) is 12.1 Å². The van der Waals surface area contributed by atoms with E-state index in [1.54, 1.807) is 0 Å². The molecule has 0 radical (unpaired) electrons. The van der Waals surface area contributed by atoms with Crippen LogP contribution in [0.25, 0.3) is 0 Å². The molecule has 0 spiro atoms. The lowest BCUT2D eigenvalue weighted by molar-refractivity contribution is -0.126. The highest BCUT2D eigenvalue weighted by Gasteiger charge is 2.27. The average Bonchev–Trinajstić information content (AvgIpc) is 2.65. The highest BCUT2D eigenvalue weighted by Crippen LogP contribution is 2.17. The summed E-state index contributed by atoms with van der Waals surface area (Å²) in [4.78, 5) is 26.9. The van der Waals surface area contributed by atoms with E-state index in [1.807, 2.05) is 43.0 Å². The van der Waals surface area contributed by atoms with E-state index in [9.17, 15) is 9.59 Å². The van der Waals surface area contributed by atoms with Crippen molar-refractivity contribution in [3.05, 3.63) is 35.4 Å². The van der Waals surface area contributed by atoms with Gasteiger partial charge in [0.05, 0.1) is 12.2 Å². The predicted octanol–water partition coefficient (Wildman–Crippen LogP) is 1.94. The summed E-state index contributed by atoms with van der Waals surface area (Å²) in [5.41, 5.74) is 1.68. The van der Waals surface area contributed by atoms with Crippen LogP contribution in [0, 0.1) is 5.92 Å². The second kappa shape index (κ2) is 8.85. The number of piperidine rings is 1. The van der Waals surface area contributed by atoms with Gasteiger partial charge in [-0.05, 0) is 57.9 Å². The van der Waals surface area contributed by atoms with Gasteiger partial charge in [-0.15, -0.1) is 0 Å². The van der Waals surface area contributed by atoms with E-state index in [0.717, 1.165) is 24.9 Å². The number of benzene rings is 1. The Morgan fingerprint density at radius 3 is 2.44 bits per heavy atom. The normalized spacial score (nSPS) is 28.6. The summed E-state index contributed by atoms with van der Waals surface area (Å²) in [6, 6.07) is 7.94. The SMILES string of the molecule is CC1CN(C(=O)c2ccc(CNC(=O)[C@H]3CCN[C@@H](C)C3)cc2)CC(C)O1. The molecule has 2 aliphatic rings. The van der Waals surface area contributed by atoms with Crippen molar-refractivity contribution in [2.75, 3.05) is 19.6 Å². The molecule has 6 nitrogen and oxygen atoms in total. The van der Waals surface area contributed by atoms with Gasteiger partial charge in [-0.3, -0.25) is 9.59 Å². The maximum Gasteiger partial charge on any atom is 0.254 e. The number of ether oxygens (including phenoxy) is 1. The smallest absolute Gasteiger partial charge is 0.254 e. The summed E-state index contributed by atoms with van der Waals surface area (Å²) >= 11 is 0. The van der Waals surface area contributed by atoms with Crippen LogP contribution in [0.15, 0.2) is 24.3 Å². The molecule has 148 valence electrons. The Morgan fingerprint density at radius 2 is 1.81 bits per heavy atom. The first-order valence-corrected chi connectivity index (χ1v) is 9.97. The molecule has 1 aromatic rings. The molecular formula is C21H31N3O3. The van der Waals surface area contributed by atoms with Crippen molar-refractivity contribution in [2.24, 2.45) is 5.92 Å². The Hall–Kier alpha value is -1.92. The molecule has 1 aromatic carbocycles. The van der Waals surface area contributed by atoms with Crippen molar-refractivity contribution < 1.29 is 14.3 Å². The Kier molecular flexibility index (Phi) is 6.50. The molecule has 2 saturated heterocycles. The summed E-state index contributed by atoms with van der Waals surface area (Å²) < 4.78 is 5.69. The molecule has 0 aromatic heterocycles. The van der Waals surface area contributed by atoms with Gasteiger partial charge >= 0.3 is 0 Å². The first-order chi connectivity index (χ1) is 12.9. The van der Waals surface area contributed by atoms with E-state index in [0.29, 0.717) is 31.2 Å². The summed E-state index contributed by atoms with van der Waals surface area (Å²) in [5, 5.41) is 6.40. The van der Waals surface area contributed by atoms with E-state index < -0.39 is 0 Å². The number of hydrogen-bond acceptors (Lipinski definition) is 4. The second-order valence-corrected chi connectivity index (χ2v) is 7.96. The summed E-state index contributed by atoms with van der Waals surface area (Å²) in [7, 11) is 0. The summed E-state index contributed by atoms with van der Waals surface area (Å²) in [6.45, 7) is 8.73. The van der Waals surface area contributed by atoms with Gasteiger partial charge < -0.3 is 20.3 Å². The third-order valence-electron chi connectivity index (χ3n) is 5.37. The van der Waals surface area contributed by atoms with Gasteiger partial charge in [0.25, 0.3) is 5.91 Å². The zero-order valence-electron chi connectivity index (χ0n) is 16.5. The minimum Gasteiger partial charge on any atom is -0.372 e. The Morgan fingerprint density at radius 1 is 1.15 bits per heavy atom. The maximum atomic E-state index is 12.7. The van der Waals surface area contributed by atoms with Gasteiger partial charge in [-0.2, -0.15) is 0 Å². The molecule has 0 aliphatic carbocycles. The molecule has 6 heteroatoms. The van der Waals surface area contributed by atoms with Crippen molar-refractivity contribution in [1.29, 1.82) is 0 Å². The monoisotopic (exact) mass is 373 g/mol. The number of amides is 2. The third kappa shape index (κ3) is 5.30. The lowest BCUT2D eigenvalue weighted by Crippen LogP contribution is -2.48. The van der Waals surface area contributed by atoms with E-state index in [1.165, 1.54) is 0 Å². The van der Waals surface area contributed by atoms with Crippen LogP contribution in [0.2, 0.25) is 0 Å². The molecule has 0 bridgehead atoms. The van der Waals surface area contributed by atoms with E-state index in [4.69, 9.17) is 4.74 Å². The maximum absolute atomic E-state index is 12.7. The van der Waals surface area contributed by atoms with Gasteiger partial charge in [0, 0.05) is 37.2 Å². The highest BCUT2D eigenvalue weighted by molar-refractivity contribution is 5.94. The van der Waals surface area contributed by atoms with Gasteiger partial charge in [0.15, 0.2) is 0 Å². The van der Waals surface area contributed by atoms with Crippen molar-refractivity contribution in [1.82, 2.24) is 15.5 Å². The minimum atomic E-state index is 0.0382. The van der Waals surface area contributed by atoms with Crippen LogP contribution in [0.4, 0.5) is 0 Å². The third-order valence-corrected chi connectivity index (χ3v) is 5.37. The molecule has 2 N–H and O–H groups in total. The van der Waals surface area contributed by atoms with Crippen LogP contribution in [0.3, 0.4) is 0 Å². The lowest BCUT2D eigenvalue weighted by Gasteiger charge is -2.35. The van der Waals surface area contributed by atoms with Gasteiger partial charge in [0.1, 0.15) is 0 Å². The van der Waals surface area contributed by atoms with E-state index in [2.05, 4.69) is 17.6 Å². The topological polar surface area (TPSA) is 70.7 Å². The van der Waals surface area contributed by atoms with Crippen LogP contribution in [0.1, 0.15) is 49.5 Å².